The van der Waals surface area contributed by atoms with E-state index in [0.29, 0.717) is 10.5 Å². The van der Waals surface area contributed by atoms with E-state index in [1.54, 1.807) is 18.3 Å². The van der Waals surface area contributed by atoms with Gasteiger partial charge in [0, 0.05) is 37.8 Å². The van der Waals surface area contributed by atoms with Crippen LogP contribution in [0.4, 0.5) is 0 Å². The van der Waals surface area contributed by atoms with Crippen LogP contribution in [0.3, 0.4) is 0 Å². The Kier molecular flexibility index (Phi) is 3.46. The molecule has 1 N–H and O–H groups in total. The first-order chi connectivity index (χ1) is 5.79. The summed E-state index contributed by atoms with van der Waals surface area (Å²) in [5, 5.41) is 10.8. The SMILES string of the molecule is Oc1ccc(Cl)c2cccnc12.[Zr]. The number of pyridine rings is 1. The Morgan fingerprint density at radius 1 is 1.23 bits per heavy atom. The smallest absolute Gasteiger partial charge is 0.141 e. The van der Waals surface area contributed by atoms with E-state index in [2.05, 4.69) is 4.98 Å². The molecule has 0 saturated heterocycles. The maximum absolute atomic E-state index is 9.37. The van der Waals surface area contributed by atoms with Crippen molar-refractivity contribution in [2.75, 3.05) is 0 Å². The first kappa shape index (κ1) is 10.7. The van der Waals surface area contributed by atoms with Crippen LogP contribution in [-0.2, 0) is 26.2 Å². The molecule has 0 aliphatic carbocycles. The average molecular weight is 271 g/mol. The fourth-order valence-corrected chi connectivity index (χ4v) is 1.34. The summed E-state index contributed by atoms with van der Waals surface area (Å²) in [7, 11) is 0. The first-order valence-corrected chi connectivity index (χ1v) is 3.89. The Labute approximate surface area is 99.7 Å². The zero-order valence-corrected chi connectivity index (χ0v) is 9.87. The molecule has 0 bridgehead atoms. The number of benzene rings is 1. The largest absolute Gasteiger partial charge is 0.506 e. The Morgan fingerprint density at radius 2 is 2.00 bits per heavy atom. The molecule has 1 aromatic carbocycles. The number of hydrogen-bond donors (Lipinski definition) is 1. The van der Waals surface area contributed by atoms with Gasteiger partial charge in [0.15, 0.2) is 0 Å². The van der Waals surface area contributed by atoms with E-state index in [1.807, 2.05) is 6.07 Å². The molecule has 1 heterocycles. The van der Waals surface area contributed by atoms with Crippen molar-refractivity contribution < 1.29 is 31.3 Å². The average Bonchev–Trinajstić information content (AvgIpc) is 2.12. The number of nitrogens with zero attached hydrogens (tertiary/aromatic N) is 1. The number of aromatic hydroxyl groups is 1. The fraction of sp³-hybridized carbons (Fsp3) is 0. The summed E-state index contributed by atoms with van der Waals surface area (Å²) >= 11 is 5.88. The monoisotopic (exact) mass is 269 g/mol. The zero-order chi connectivity index (χ0) is 8.55. The van der Waals surface area contributed by atoms with Crippen molar-refractivity contribution in [2.45, 2.75) is 0 Å². The predicted octanol–water partition coefficient (Wildman–Crippen LogP) is 2.59. The predicted molar refractivity (Wildman–Crippen MR) is 48.4 cm³/mol. The van der Waals surface area contributed by atoms with E-state index in [-0.39, 0.29) is 32.0 Å². The van der Waals surface area contributed by atoms with Gasteiger partial charge in [0.25, 0.3) is 0 Å². The van der Waals surface area contributed by atoms with Crippen LogP contribution in [0.2, 0.25) is 5.02 Å². The molecule has 4 heteroatoms. The number of aromatic nitrogens is 1. The molecule has 64 valence electrons. The number of rotatable bonds is 0. The number of phenols is 1. The van der Waals surface area contributed by atoms with E-state index < -0.39 is 0 Å². The van der Waals surface area contributed by atoms with Gasteiger partial charge in [-0.3, -0.25) is 4.98 Å². The summed E-state index contributed by atoms with van der Waals surface area (Å²) in [4.78, 5) is 4.01. The molecular weight excluding hydrogens is 265 g/mol. The van der Waals surface area contributed by atoms with Gasteiger partial charge < -0.3 is 5.11 Å². The molecule has 2 aromatic rings. The molecule has 2 rings (SSSR count). The van der Waals surface area contributed by atoms with Crippen LogP contribution in [0.1, 0.15) is 0 Å². The van der Waals surface area contributed by atoms with Crippen molar-refractivity contribution in [3.8, 4) is 5.75 Å². The normalized spacial score (nSPS) is 9.62. The van der Waals surface area contributed by atoms with Crippen molar-refractivity contribution in [2.24, 2.45) is 0 Å². The van der Waals surface area contributed by atoms with E-state index >= 15 is 0 Å². The number of fused-ring (bicyclic) bond motifs is 1. The van der Waals surface area contributed by atoms with Gasteiger partial charge in [0.2, 0.25) is 0 Å². The third kappa shape index (κ3) is 1.92. The summed E-state index contributed by atoms with van der Waals surface area (Å²) in [6, 6.07) is 6.80. The summed E-state index contributed by atoms with van der Waals surface area (Å²) in [5.74, 6) is 0.162. The third-order valence-electron chi connectivity index (χ3n) is 1.70. The summed E-state index contributed by atoms with van der Waals surface area (Å²) in [6.45, 7) is 0. The standard InChI is InChI=1S/C9H6ClNO.Zr/c10-7-3-4-8(12)9-6(7)2-1-5-11-9;/h1-5,12H;. The summed E-state index contributed by atoms with van der Waals surface area (Å²) < 4.78 is 0. The van der Waals surface area contributed by atoms with Gasteiger partial charge in [0.05, 0.1) is 5.02 Å². The van der Waals surface area contributed by atoms with Crippen LogP contribution in [0.25, 0.3) is 10.9 Å². The minimum atomic E-state index is 0. The third-order valence-corrected chi connectivity index (χ3v) is 2.02. The molecular formula is C9H6ClNOZr. The molecule has 0 radical (unpaired) electrons. The number of halogens is 1. The van der Waals surface area contributed by atoms with E-state index in [0.717, 1.165) is 5.39 Å². The second-order valence-electron chi connectivity index (χ2n) is 2.47. The number of phenolic OH excluding ortho intramolecular Hbond substituents is 1. The van der Waals surface area contributed by atoms with E-state index in [4.69, 9.17) is 11.6 Å². The van der Waals surface area contributed by atoms with E-state index in [9.17, 15) is 5.11 Å². The molecule has 13 heavy (non-hydrogen) atoms. The minimum absolute atomic E-state index is 0. The molecule has 0 unspecified atom stereocenters. The Bertz CT molecular complexity index is 392. The second kappa shape index (κ2) is 4.21. The van der Waals surface area contributed by atoms with Crippen LogP contribution in [-0.4, -0.2) is 10.1 Å². The molecule has 0 fully saturated rings. The van der Waals surface area contributed by atoms with Gasteiger partial charge in [-0.05, 0) is 24.3 Å². The van der Waals surface area contributed by atoms with Crippen molar-refractivity contribution >= 4 is 22.5 Å². The molecule has 1 aromatic heterocycles. The second-order valence-corrected chi connectivity index (χ2v) is 2.87. The fourth-order valence-electron chi connectivity index (χ4n) is 1.12. The summed E-state index contributed by atoms with van der Waals surface area (Å²) in [5.41, 5.74) is 0.546. The topological polar surface area (TPSA) is 33.1 Å². The molecule has 0 atom stereocenters. The Balaban J connectivity index is 0.000000845. The minimum Gasteiger partial charge on any atom is -0.506 e. The maximum atomic E-state index is 9.37. The van der Waals surface area contributed by atoms with Gasteiger partial charge >= 0.3 is 0 Å². The molecule has 0 aliphatic heterocycles. The van der Waals surface area contributed by atoms with Gasteiger partial charge in [0.1, 0.15) is 11.3 Å². The van der Waals surface area contributed by atoms with Crippen molar-refractivity contribution in [3.05, 3.63) is 35.5 Å². The van der Waals surface area contributed by atoms with Crippen LogP contribution >= 0.6 is 11.6 Å². The molecule has 0 saturated carbocycles. The number of hydrogen-bond acceptors (Lipinski definition) is 2. The van der Waals surface area contributed by atoms with Crippen molar-refractivity contribution in [1.29, 1.82) is 0 Å². The van der Waals surface area contributed by atoms with Crippen LogP contribution in [0.15, 0.2) is 30.5 Å². The Hall–Kier alpha value is -0.397. The van der Waals surface area contributed by atoms with E-state index in [1.165, 1.54) is 6.07 Å². The quantitative estimate of drug-likeness (QED) is 0.798. The van der Waals surface area contributed by atoms with Crippen molar-refractivity contribution in [3.63, 3.8) is 0 Å². The van der Waals surface area contributed by atoms with Crippen molar-refractivity contribution in [1.82, 2.24) is 4.98 Å². The van der Waals surface area contributed by atoms with Crippen LogP contribution in [0, 0.1) is 0 Å². The molecule has 0 amide bonds. The van der Waals surface area contributed by atoms with Crippen LogP contribution in [0.5, 0.6) is 5.75 Å². The molecule has 2 nitrogen and oxygen atoms in total. The Morgan fingerprint density at radius 3 is 2.69 bits per heavy atom. The van der Waals surface area contributed by atoms with Gasteiger partial charge in [-0.15, -0.1) is 0 Å². The van der Waals surface area contributed by atoms with Gasteiger partial charge in [-0.2, -0.15) is 0 Å². The zero-order valence-electron chi connectivity index (χ0n) is 6.66. The maximum Gasteiger partial charge on any atom is 0.141 e. The van der Waals surface area contributed by atoms with Gasteiger partial charge in [-0.1, -0.05) is 11.6 Å². The first-order valence-electron chi connectivity index (χ1n) is 3.51. The van der Waals surface area contributed by atoms with Gasteiger partial charge in [-0.25, -0.2) is 0 Å². The van der Waals surface area contributed by atoms with Crippen LogP contribution < -0.4 is 0 Å². The summed E-state index contributed by atoms with van der Waals surface area (Å²) in [6.07, 6.45) is 1.62. The molecule has 0 spiro atoms. The molecule has 0 aliphatic rings.